The average Bonchev–Trinajstić information content (AvgIpc) is 2.83. The first-order valence-corrected chi connectivity index (χ1v) is 6.79. The van der Waals surface area contributed by atoms with E-state index in [0.29, 0.717) is 6.04 Å². The van der Waals surface area contributed by atoms with Crippen LogP contribution in [0.5, 0.6) is 0 Å². The molecule has 0 aromatic carbocycles. The summed E-state index contributed by atoms with van der Waals surface area (Å²) in [7, 11) is 0. The van der Waals surface area contributed by atoms with Gasteiger partial charge in [0.2, 0.25) is 0 Å². The van der Waals surface area contributed by atoms with Crippen molar-refractivity contribution >= 4 is 21.5 Å². The zero-order valence-corrected chi connectivity index (χ0v) is 11.0. The van der Waals surface area contributed by atoms with Gasteiger partial charge in [-0.05, 0) is 47.8 Å². The molecule has 2 atom stereocenters. The van der Waals surface area contributed by atoms with Gasteiger partial charge in [0, 0.05) is 17.7 Å². The minimum Gasteiger partial charge on any atom is -0.463 e. The van der Waals surface area contributed by atoms with Gasteiger partial charge in [-0.25, -0.2) is 0 Å². The Morgan fingerprint density at radius 1 is 1.50 bits per heavy atom. The maximum absolute atomic E-state index is 5.61. The van der Waals surface area contributed by atoms with E-state index in [0.717, 1.165) is 22.8 Å². The maximum Gasteiger partial charge on any atom is 0.145 e. The molecule has 1 aromatic rings. The van der Waals surface area contributed by atoms with Crippen LogP contribution >= 0.6 is 15.9 Å². The van der Waals surface area contributed by atoms with Gasteiger partial charge in [-0.3, -0.25) is 4.90 Å². The Bertz CT molecular complexity index is 423. The van der Waals surface area contributed by atoms with Gasteiger partial charge in [0.25, 0.3) is 0 Å². The Morgan fingerprint density at radius 3 is 3.06 bits per heavy atom. The quantitative estimate of drug-likeness (QED) is 0.822. The summed E-state index contributed by atoms with van der Waals surface area (Å²) in [6.07, 6.45) is 7.91. The normalized spacial score (nSPS) is 29.5. The summed E-state index contributed by atoms with van der Waals surface area (Å²) in [5.74, 6) is 1.03. The van der Waals surface area contributed by atoms with E-state index in [-0.39, 0.29) is 0 Å². The summed E-state index contributed by atoms with van der Waals surface area (Å²) < 4.78 is 6.69. The zero-order chi connectivity index (χ0) is 11.1. The minimum atomic E-state index is 0.575. The summed E-state index contributed by atoms with van der Waals surface area (Å²) in [4.78, 5) is 2.62. The molecular formula is C13H16BrNO. The van der Waals surface area contributed by atoms with Crippen molar-refractivity contribution in [3.05, 3.63) is 28.6 Å². The van der Waals surface area contributed by atoms with Crippen LogP contribution in [0.3, 0.4) is 0 Å². The van der Waals surface area contributed by atoms with Gasteiger partial charge >= 0.3 is 0 Å². The number of likely N-dealkylation sites (N-methyl/N-ethyl adjacent to an activating group) is 1. The topological polar surface area (TPSA) is 16.4 Å². The van der Waals surface area contributed by atoms with E-state index in [4.69, 9.17) is 4.42 Å². The summed E-state index contributed by atoms with van der Waals surface area (Å²) in [5, 5.41) is 0. The van der Waals surface area contributed by atoms with E-state index in [1.54, 1.807) is 6.26 Å². The Balaban J connectivity index is 1.98. The summed E-state index contributed by atoms with van der Waals surface area (Å²) in [5.41, 5.74) is 1.38. The van der Waals surface area contributed by atoms with Crippen molar-refractivity contribution in [2.75, 3.05) is 6.54 Å². The van der Waals surface area contributed by atoms with Crippen LogP contribution in [0.25, 0.3) is 5.57 Å². The van der Waals surface area contributed by atoms with Crippen molar-refractivity contribution in [1.29, 1.82) is 0 Å². The fourth-order valence-corrected chi connectivity index (χ4v) is 3.58. The third-order valence-electron chi connectivity index (χ3n) is 3.86. The van der Waals surface area contributed by atoms with Gasteiger partial charge in [0.1, 0.15) is 5.76 Å². The number of halogens is 1. The van der Waals surface area contributed by atoms with Crippen molar-refractivity contribution in [1.82, 2.24) is 4.90 Å². The van der Waals surface area contributed by atoms with Crippen LogP contribution in [0.15, 0.2) is 27.3 Å². The van der Waals surface area contributed by atoms with Gasteiger partial charge in [-0.15, -0.1) is 0 Å². The van der Waals surface area contributed by atoms with Gasteiger partial charge in [-0.2, -0.15) is 0 Å². The molecule has 0 aliphatic carbocycles. The second kappa shape index (κ2) is 4.04. The monoisotopic (exact) mass is 281 g/mol. The SMILES string of the molecule is CCN1C2CC=C(c3occc3Br)C1CC2. The Kier molecular flexibility index (Phi) is 2.68. The van der Waals surface area contributed by atoms with E-state index in [1.165, 1.54) is 24.8 Å². The second-order valence-corrected chi connectivity index (χ2v) is 5.42. The number of fused-ring (bicyclic) bond motifs is 2. The Hall–Kier alpha value is -0.540. The van der Waals surface area contributed by atoms with Crippen LogP contribution in [0.4, 0.5) is 0 Å². The van der Waals surface area contributed by atoms with E-state index in [1.807, 2.05) is 6.07 Å². The molecule has 86 valence electrons. The molecule has 2 aliphatic heterocycles. The number of nitrogens with zero attached hydrogens (tertiary/aromatic N) is 1. The smallest absolute Gasteiger partial charge is 0.145 e. The van der Waals surface area contributed by atoms with Crippen LogP contribution in [-0.4, -0.2) is 23.5 Å². The number of rotatable bonds is 2. The van der Waals surface area contributed by atoms with Crippen molar-refractivity contribution in [3.63, 3.8) is 0 Å². The van der Waals surface area contributed by atoms with E-state index >= 15 is 0 Å². The third kappa shape index (κ3) is 1.49. The molecule has 3 heteroatoms. The van der Waals surface area contributed by atoms with E-state index < -0.39 is 0 Å². The van der Waals surface area contributed by atoms with E-state index in [9.17, 15) is 0 Å². The maximum atomic E-state index is 5.61. The lowest BCUT2D eigenvalue weighted by molar-refractivity contribution is 0.225. The van der Waals surface area contributed by atoms with Crippen LogP contribution in [0.2, 0.25) is 0 Å². The van der Waals surface area contributed by atoms with E-state index in [2.05, 4.69) is 33.8 Å². The van der Waals surface area contributed by atoms with Crippen molar-refractivity contribution in [3.8, 4) is 0 Å². The van der Waals surface area contributed by atoms with Gasteiger partial charge < -0.3 is 4.42 Å². The summed E-state index contributed by atoms with van der Waals surface area (Å²) in [6.45, 7) is 3.40. The number of hydrogen-bond acceptors (Lipinski definition) is 2. The lowest BCUT2D eigenvalue weighted by atomic mass is 9.99. The van der Waals surface area contributed by atoms with Gasteiger partial charge in [-0.1, -0.05) is 13.0 Å². The minimum absolute atomic E-state index is 0.575. The third-order valence-corrected chi connectivity index (χ3v) is 4.48. The molecular weight excluding hydrogens is 266 g/mol. The molecule has 3 heterocycles. The lowest BCUT2D eigenvalue weighted by Gasteiger charge is -2.33. The van der Waals surface area contributed by atoms with Crippen molar-refractivity contribution in [2.24, 2.45) is 0 Å². The highest BCUT2D eigenvalue weighted by Gasteiger charge is 2.38. The predicted molar refractivity (Wildman–Crippen MR) is 68.2 cm³/mol. The number of furan rings is 1. The molecule has 2 unspecified atom stereocenters. The molecule has 0 saturated carbocycles. The van der Waals surface area contributed by atoms with Crippen molar-refractivity contribution < 1.29 is 4.42 Å². The standard InChI is InChI=1S/C13H16BrNO/c1-2-15-9-3-5-10(12(15)6-4-9)13-11(14)7-8-16-13/h5,7-9,12H,2-4,6H2,1H3. The fourth-order valence-electron chi connectivity index (χ4n) is 3.15. The predicted octanol–water partition coefficient (Wildman–Crippen LogP) is 3.68. The van der Waals surface area contributed by atoms with Crippen LogP contribution in [0.1, 0.15) is 31.9 Å². The van der Waals surface area contributed by atoms with Crippen LogP contribution in [-0.2, 0) is 0 Å². The first-order valence-electron chi connectivity index (χ1n) is 6.00. The highest BCUT2D eigenvalue weighted by Crippen LogP contribution is 2.41. The molecule has 0 N–H and O–H groups in total. The molecule has 1 fully saturated rings. The van der Waals surface area contributed by atoms with Crippen LogP contribution in [0, 0.1) is 0 Å². The highest BCUT2D eigenvalue weighted by atomic mass is 79.9. The molecule has 16 heavy (non-hydrogen) atoms. The van der Waals surface area contributed by atoms with Gasteiger partial charge in [0.05, 0.1) is 10.7 Å². The van der Waals surface area contributed by atoms with Gasteiger partial charge in [0.15, 0.2) is 0 Å². The first kappa shape index (κ1) is 10.6. The van der Waals surface area contributed by atoms with Crippen LogP contribution < -0.4 is 0 Å². The summed E-state index contributed by atoms with van der Waals surface area (Å²) in [6, 6.07) is 3.33. The zero-order valence-electron chi connectivity index (χ0n) is 9.45. The average molecular weight is 282 g/mol. The summed E-state index contributed by atoms with van der Waals surface area (Å²) >= 11 is 3.56. The second-order valence-electron chi connectivity index (χ2n) is 4.57. The van der Waals surface area contributed by atoms with Crippen molar-refractivity contribution in [2.45, 2.75) is 38.3 Å². The Morgan fingerprint density at radius 2 is 2.38 bits per heavy atom. The molecule has 3 rings (SSSR count). The molecule has 1 aromatic heterocycles. The molecule has 1 saturated heterocycles. The number of hydrogen-bond donors (Lipinski definition) is 0. The molecule has 0 amide bonds. The largest absolute Gasteiger partial charge is 0.463 e. The fraction of sp³-hybridized carbons (Fsp3) is 0.538. The first-order chi connectivity index (χ1) is 7.81. The Labute approximate surface area is 104 Å². The molecule has 2 bridgehead atoms. The molecule has 0 radical (unpaired) electrons. The molecule has 0 spiro atoms. The molecule has 2 nitrogen and oxygen atoms in total. The lowest BCUT2D eigenvalue weighted by Crippen LogP contribution is -2.38. The molecule has 2 aliphatic rings. The highest BCUT2D eigenvalue weighted by molar-refractivity contribution is 9.10.